The molecule has 0 radical (unpaired) electrons. The molecule has 16 heavy (non-hydrogen) atoms. The smallest absolute Gasteiger partial charge is 0.254 e. The minimum atomic E-state index is -0.0856. The molecule has 1 rings (SSSR count). The van der Waals surface area contributed by atoms with E-state index >= 15 is 0 Å². The molecule has 0 saturated carbocycles. The molecule has 0 aliphatic carbocycles. The lowest BCUT2D eigenvalue weighted by Crippen LogP contribution is -2.31. The van der Waals surface area contributed by atoms with Crippen molar-refractivity contribution in [3.05, 3.63) is 29.6 Å². The van der Waals surface area contributed by atoms with E-state index in [1.54, 1.807) is 23.2 Å². The number of amides is 1. The van der Waals surface area contributed by atoms with E-state index in [2.05, 4.69) is 10.9 Å². The Morgan fingerprint density at radius 3 is 3.00 bits per heavy atom. The fourth-order valence-corrected chi connectivity index (χ4v) is 1.34. The van der Waals surface area contributed by atoms with Gasteiger partial charge in [-0.15, -0.1) is 6.42 Å². The maximum absolute atomic E-state index is 12.0. The number of nitrogens with zero attached hydrogens (tertiary/aromatic N) is 2. The fraction of sp³-hybridized carbons (Fsp3) is 0.333. The van der Waals surface area contributed by atoms with Crippen molar-refractivity contribution in [3.8, 4) is 12.3 Å². The standard InChI is InChI=1S/C12H15N3O/c1-3-7-15(4-2)12(16)10-5-6-14-11(8-10)9-13/h1,5-6,8H,4,7,9,13H2,2H3. The largest absolute Gasteiger partial charge is 0.328 e. The number of carbonyl (C=O) groups is 1. The number of aromatic nitrogens is 1. The van der Waals surface area contributed by atoms with Crippen molar-refractivity contribution in [2.24, 2.45) is 5.73 Å². The third-order valence-electron chi connectivity index (χ3n) is 2.22. The van der Waals surface area contributed by atoms with E-state index in [1.807, 2.05) is 6.92 Å². The Hall–Kier alpha value is -1.86. The molecule has 2 N–H and O–H groups in total. The molecule has 0 atom stereocenters. The van der Waals surface area contributed by atoms with Crippen molar-refractivity contribution in [1.82, 2.24) is 9.88 Å². The predicted molar refractivity (Wildman–Crippen MR) is 62.5 cm³/mol. The Bertz CT molecular complexity index is 409. The number of hydrogen-bond acceptors (Lipinski definition) is 3. The molecule has 0 unspecified atom stereocenters. The summed E-state index contributed by atoms with van der Waals surface area (Å²) in [5.74, 6) is 2.38. The van der Waals surface area contributed by atoms with Crippen LogP contribution in [0.2, 0.25) is 0 Å². The summed E-state index contributed by atoms with van der Waals surface area (Å²) in [5, 5.41) is 0. The van der Waals surface area contributed by atoms with E-state index in [0.29, 0.717) is 30.9 Å². The third-order valence-corrected chi connectivity index (χ3v) is 2.22. The van der Waals surface area contributed by atoms with Gasteiger partial charge in [-0.05, 0) is 19.1 Å². The molecule has 1 amide bonds. The average Bonchev–Trinajstić information content (AvgIpc) is 2.35. The van der Waals surface area contributed by atoms with Crippen molar-refractivity contribution in [2.75, 3.05) is 13.1 Å². The summed E-state index contributed by atoms with van der Waals surface area (Å²) < 4.78 is 0. The minimum Gasteiger partial charge on any atom is -0.328 e. The monoisotopic (exact) mass is 217 g/mol. The minimum absolute atomic E-state index is 0.0856. The highest BCUT2D eigenvalue weighted by Gasteiger charge is 2.13. The zero-order valence-corrected chi connectivity index (χ0v) is 9.31. The summed E-state index contributed by atoms with van der Waals surface area (Å²) in [6.45, 7) is 3.11. The number of carbonyl (C=O) groups excluding carboxylic acids is 1. The SMILES string of the molecule is C#CCN(CC)C(=O)c1ccnc(CN)c1. The lowest BCUT2D eigenvalue weighted by molar-refractivity contribution is 0.0784. The zero-order valence-electron chi connectivity index (χ0n) is 9.31. The second kappa shape index (κ2) is 5.89. The Kier molecular flexibility index (Phi) is 4.49. The van der Waals surface area contributed by atoms with E-state index in [4.69, 9.17) is 12.2 Å². The van der Waals surface area contributed by atoms with Crippen LogP contribution in [0.25, 0.3) is 0 Å². The summed E-state index contributed by atoms with van der Waals surface area (Å²) >= 11 is 0. The van der Waals surface area contributed by atoms with Gasteiger partial charge in [-0.1, -0.05) is 5.92 Å². The number of rotatable bonds is 4. The first-order chi connectivity index (χ1) is 7.72. The molecular weight excluding hydrogens is 202 g/mol. The van der Waals surface area contributed by atoms with Gasteiger partial charge < -0.3 is 10.6 Å². The van der Waals surface area contributed by atoms with Crippen molar-refractivity contribution >= 4 is 5.91 Å². The van der Waals surface area contributed by atoms with Crippen LogP contribution in [0.1, 0.15) is 23.0 Å². The van der Waals surface area contributed by atoms with Gasteiger partial charge in [0.15, 0.2) is 0 Å². The molecule has 0 fully saturated rings. The second-order valence-electron chi connectivity index (χ2n) is 3.26. The van der Waals surface area contributed by atoms with Gasteiger partial charge in [-0.25, -0.2) is 0 Å². The summed E-state index contributed by atoms with van der Waals surface area (Å²) in [6, 6.07) is 3.36. The molecule has 0 spiro atoms. The Morgan fingerprint density at radius 2 is 2.44 bits per heavy atom. The van der Waals surface area contributed by atoms with Crippen LogP contribution in [0.3, 0.4) is 0 Å². The van der Waals surface area contributed by atoms with Crippen LogP contribution in [0, 0.1) is 12.3 Å². The second-order valence-corrected chi connectivity index (χ2v) is 3.26. The quantitative estimate of drug-likeness (QED) is 0.753. The first-order valence-electron chi connectivity index (χ1n) is 5.10. The first-order valence-corrected chi connectivity index (χ1v) is 5.10. The Labute approximate surface area is 95.5 Å². The fourth-order valence-electron chi connectivity index (χ4n) is 1.34. The van der Waals surface area contributed by atoms with Gasteiger partial charge in [0.1, 0.15) is 0 Å². The molecule has 0 bridgehead atoms. The van der Waals surface area contributed by atoms with Crippen molar-refractivity contribution in [3.63, 3.8) is 0 Å². The molecule has 0 aliphatic rings. The summed E-state index contributed by atoms with van der Waals surface area (Å²) in [5.41, 5.74) is 6.74. The molecule has 1 heterocycles. The molecule has 4 heteroatoms. The van der Waals surface area contributed by atoms with E-state index in [0.717, 1.165) is 0 Å². The highest BCUT2D eigenvalue weighted by atomic mass is 16.2. The number of hydrogen-bond donors (Lipinski definition) is 1. The van der Waals surface area contributed by atoms with E-state index in [1.165, 1.54) is 0 Å². The van der Waals surface area contributed by atoms with Crippen molar-refractivity contribution in [2.45, 2.75) is 13.5 Å². The van der Waals surface area contributed by atoms with Crippen LogP contribution in [0.4, 0.5) is 0 Å². The summed E-state index contributed by atoms with van der Waals surface area (Å²) in [6.07, 6.45) is 6.78. The topological polar surface area (TPSA) is 59.2 Å². The molecule has 1 aromatic heterocycles. The van der Waals surface area contributed by atoms with E-state index in [9.17, 15) is 4.79 Å². The lowest BCUT2D eigenvalue weighted by Gasteiger charge is -2.17. The van der Waals surface area contributed by atoms with Crippen LogP contribution in [-0.2, 0) is 6.54 Å². The third kappa shape index (κ3) is 2.81. The van der Waals surface area contributed by atoms with Crippen LogP contribution in [0.15, 0.2) is 18.3 Å². The molecular formula is C12H15N3O. The van der Waals surface area contributed by atoms with Gasteiger partial charge in [-0.3, -0.25) is 9.78 Å². The summed E-state index contributed by atoms with van der Waals surface area (Å²) in [4.78, 5) is 17.6. The summed E-state index contributed by atoms with van der Waals surface area (Å²) in [7, 11) is 0. The van der Waals surface area contributed by atoms with Crippen LogP contribution < -0.4 is 5.73 Å². The molecule has 1 aromatic rings. The van der Waals surface area contributed by atoms with Crippen molar-refractivity contribution < 1.29 is 4.79 Å². The maximum Gasteiger partial charge on any atom is 0.254 e. The van der Waals surface area contributed by atoms with Gasteiger partial charge in [0.2, 0.25) is 0 Å². The number of nitrogens with two attached hydrogens (primary N) is 1. The lowest BCUT2D eigenvalue weighted by atomic mass is 10.2. The zero-order chi connectivity index (χ0) is 12.0. The average molecular weight is 217 g/mol. The normalized spacial score (nSPS) is 9.56. The number of terminal acetylenes is 1. The first kappa shape index (κ1) is 12.2. The number of pyridine rings is 1. The van der Waals surface area contributed by atoms with Gasteiger partial charge in [0.05, 0.1) is 12.2 Å². The Morgan fingerprint density at radius 1 is 1.69 bits per heavy atom. The molecule has 4 nitrogen and oxygen atoms in total. The molecule has 84 valence electrons. The maximum atomic E-state index is 12.0. The molecule has 0 saturated heterocycles. The molecule has 0 aliphatic heterocycles. The van der Waals surface area contributed by atoms with Gasteiger partial charge >= 0.3 is 0 Å². The molecule has 0 aromatic carbocycles. The van der Waals surface area contributed by atoms with Crippen LogP contribution in [0.5, 0.6) is 0 Å². The predicted octanol–water partition coefficient (Wildman–Crippen LogP) is 0.636. The van der Waals surface area contributed by atoms with Gasteiger partial charge in [0, 0.05) is 24.8 Å². The van der Waals surface area contributed by atoms with Gasteiger partial charge in [-0.2, -0.15) is 0 Å². The van der Waals surface area contributed by atoms with E-state index < -0.39 is 0 Å². The van der Waals surface area contributed by atoms with Crippen LogP contribution in [-0.4, -0.2) is 28.9 Å². The van der Waals surface area contributed by atoms with Gasteiger partial charge in [0.25, 0.3) is 5.91 Å². The van der Waals surface area contributed by atoms with E-state index in [-0.39, 0.29) is 5.91 Å². The van der Waals surface area contributed by atoms with Crippen LogP contribution >= 0.6 is 0 Å². The highest BCUT2D eigenvalue weighted by Crippen LogP contribution is 2.05. The van der Waals surface area contributed by atoms with Crippen molar-refractivity contribution in [1.29, 1.82) is 0 Å². The Balaban J connectivity index is 2.90. The highest BCUT2D eigenvalue weighted by molar-refractivity contribution is 5.94.